The van der Waals surface area contributed by atoms with Gasteiger partial charge < -0.3 is 9.40 Å². The molecule has 28 heavy (non-hydrogen) atoms. The van der Waals surface area contributed by atoms with Crippen molar-refractivity contribution in [3.05, 3.63) is 67.5 Å². The number of fused-ring (bicyclic) bond motifs is 2. The lowest BCUT2D eigenvalue weighted by Crippen LogP contribution is -1.81. The number of furan rings is 1. The smallest absolute Gasteiger partial charge is 0.116 e. The molecule has 5 heterocycles. The molecule has 1 aromatic carbocycles. The maximum Gasteiger partial charge on any atom is 0.116 e. The van der Waals surface area contributed by atoms with Gasteiger partial charge in [-0.3, -0.25) is 15.2 Å². The third-order valence-electron chi connectivity index (χ3n) is 4.99. The molecule has 7 nitrogen and oxygen atoms in total. The summed E-state index contributed by atoms with van der Waals surface area (Å²) in [4.78, 5) is 8.01. The zero-order chi connectivity index (χ0) is 18.5. The summed E-state index contributed by atoms with van der Waals surface area (Å²) in [5.41, 5.74) is 7.74. The van der Waals surface area contributed by atoms with E-state index in [-0.39, 0.29) is 0 Å². The van der Waals surface area contributed by atoms with Gasteiger partial charge in [0.05, 0.1) is 35.6 Å². The van der Waals surface area contributed by atoms with Crippen LogP contribution in [0.5, 0.6) is 0 Å². The maximum atomic E-state index is 5.23. The predicted molar refractivity (Wildman–Crippen MR) is 106 cm³/mol. The van der Waals surface area contributed by atoms with Gasteiger partial charge in [-0.15, -0.1) is 0 Å². The van der Waals surface area contributed by atoms with Crippen LogP contribution < -0.4 is 0 Å². The highest BCUT2D eigenvalue weighted by atomic mass is 16.3. The van der Waals surface area contributed by atoms with E-state index in [1.165, 1.54) is 0 Å². The van der Waals surface area contributed by atoms with Gasteiger partial charge in [0.1, 0.15) is 5.69 Å². The minimum Gasteiger partial charge on any atom is -0.472 e. The van der Waals surface area contributed by atoms with Crippen LogP contribution in [0, 0.1) is 0 Å². The van der Waals surface area contributed by atoms with E-state index in [0.717, 1.165) is 55.6 Å². The number of rotatable bonds is 3. The number of nitrogens with zero attached hydrogens (tertiary/aromatic N) is 3. The van der Waals surface area contributed by atoms with Gasteiger partial charge in [0.15, 0.2) is 0 Å². The van der Waals surface area contributed by atoms with Gasteiger partial charge in [0.25, 0.3) is 0 Å². The zero-order valence-corrected chi connectivity index (χ0v) is 14.6. The van der Waals surface area contributed by atoms with Crippen molar-refractivity contribution in [2.45, 2.75) is 0 Å². The summed E-state index contributed by atoms with van der Waals surface area (Å²) >= 11 is 0. The quantitative estimate of drug-likeness (QED) is 0.420. The van der Waals surface area contributed by atoms with E-state index in [1.54, 1.807) is 18.7 Å². The highest BCUT2D eigenvalue weighted by molar-refractivity contribution is 6.00. The summed E-state index contributed by atoms with van der Waals surface area (Å²) in [6.45, 7) is 0. The highest BCUT2D eigenvalue weighted by Crippen LogP contribution is 2.34. The van der Waals surface area contributed by atoms with Crippen molar-refractivity contribution in [1.82, 2.24) is 30.4 Å². The second-order valence-electron chi connectivity index (χ2n) is 6.64. The SMILES string of the molecule is c1cc2[nH]c(-c3n[nH]c4ccc(-c5cn[nH]c5)cc34)cc2c(-c2ccoc2)n1. The molecule has 0 bridgehead atoms. The average Bonchev–Trinajstić information content (AvgIpc) is 3.53. The molecule has 0 atom stereocenters. The molecule has 5 aromatic heterocycles. The Morgan fingerprint density at radius 2 is 1.82 bits per heavy atom. The van der Waals surface area contributed by atoms with E-state index >= 15 is 0 Å². The normalized spacial score (nSPS) is 11.6. The molecule has 0 radical (unpaired) electrons. The predicted octanol–water partition coefficient (Wildman–Crippen LogP) is 4.76. The summed E-state index contributed by atoms with van der Waals surface area (Å²) in [6, 6.07) is 12.2. The Labute approximate surface area is 158 Å². The second-order valence-corrected chi connectivity index (χ2v) is 6.64. The fourth-order valence-electron chi connectivity index (χ4n) is 3.62. The number of pyridine rings is 1. The molecule has 0 aliphatic rings. The first-order valence-electron chi connectivity index (χ1n) is 8.85. The molecule has 0 aliphatic heterocycles. The van der Waals surface area contributed by atoms with Crippen LogP contribution in [0.2, 0.25) is 0 Å². The van der Waals surface area contributed by atoms with Crippen LogP contribution in [-0.2, 0) is 0 Å². The van der Waals surface area contributed by atoms with E-state index in [2.05, 4.69) is 48.6 Å². The fourth-order valence-corrected chi connectivity index (χ4v) is 3.62. The first-order valence-corrected chi connectivity index (χ1v) is 8.85. The van der Waals surface area contributed by atoms with Crippen molar-refractivity contribution in [3.8, 4) is 33.8 Å². The Morgan fingerprint density at radius 3 is 2.68 bits per heavy atom. The van der Waals surface area contributed by atoms with Crippen molar-refractivity contribution in [2.75, 3.05) is 0 Å². The third kappa shape index (κ3) is 2.20. The Morgan fingerprint density at radius 1 is 0.857 bits per heavy atom. The van der Waals surface area contributed by atoms with Gasteiger partial charge in [-0.25, -0.2) is 0 Å². The van der Waals surface area contributed by atoms with Crippen molar-refractivity contribution < 1.29 is 4.42 Å². The lowest BCUT2D eigenvalue weighted by molar-refractivity contribution is 0.568. The molecular formula is C21H14N6O. The number of H-pyrrole nitrogens is 3. The number of aromatic amines is 3. The van der Waals surface area contributed by atoms with Crippen molar-refractivity contribution in [3.63, 3.8) is 0 Å². The van der Waals surface area contributed by atoms with Gasteiger partial charge in [-0.2, -0.15) is 10.2 Å². The minimum atomic E-state index is 0.870. The molecule has 0 saturated heterocycles. The highest BCUT2D eigenvalue weighted by Gasteiger charge is 2.15. The second kappa shape index (κ2) is 5.68. The number of aromatic nitrogens is 6. The van der Waals surface area contributed by atoms with Crippen LogP contribution >= 0.6 is 0 Å². The van der Waals surface area contributed by atoms with E-state index in [4.69, 9.17) is 4.42 Å². The van der Waals surface area contributed by atoms with Gasteiger partial charge >= 0.3 is 0 Å². The molecule has 0 aliphatic carbocycles. The monoisotopic (exact) mass is 366 g/mol. The molecule has 6 rings (SSSR count). The van der Waals surface area contributed by atoms with E-state index < -0.39 is 0 Å². The average molecular weight is 366 g/mol. The summed E-state index contributed by atoms with van der Waals surface area (Å²) in [5.74, 6) is 0. The standard InChI is InChI=1S/C21H14N6O/c1-2-18-15(7-12(1)14-9-23-24-10-14)21(27-26-18)19-8-16-17(25-19)3-5-22-20(16)13-4-6-28-11-13/h1-11,25H,(H,23,24)(H,26,27). The number of hydrogen-bond donors (Lipinski definition) is 3. The van der Waals surface area contributed by atoms with Crippen LogP contribution in [0.15, 0.2) is 71.9 Å². The molecule has 0 fully saturated rings. The molecule has 7 heteroatoms. The van der Waals surface area contributed by atoms with Crippen LogP contribution in [0.1, 0.15) is 0 Å². The van der Waals surface area contributed by atoms with Crippen LogP contribution in [0.3, 0.4) is 0 Å². The lowest BCUT2D eigenvalue weighted by atomic mass is 10.1. The molecule has 3 N–H and O–H groups in total. The molecule has 0 saturated carbocycles. The minimum absolute atomic E-state index is 0.870. The third-order valence-corrected chi connectivity index (χ3v) is 4.99. The number of hydrogen-bond acceptors (Lipinski definition) is 4. The van der Waals surface area contributed by atoms with E-state index in [9.17, 15) is 0 Å². The van der Waals surface area contributed by atoms with Gasteiger partial charge in [-0.1, -0.05) is 6.07 Å². The van der Waals surface area contributed by atoms with Crippen molar-refractivity contribution >= 4 is 21.8 Å². The van der Waals surface area contributed by atoms with Crippen LogP contribution in [0.25, 0.3) is 55.6 Å². The molecule has 0 spiro atoms. The van der Waals surface area contributed by atoms with E-state index in [0.29, 0.717) is 0 Å². The summed E-state index contributed by atoms with van der Waals surface area (Å²) in [6.07, 6.45) is 8.85. The first-order chi connectivity index (χ1) is 13.9. The van der Waals surface area contributed by atoms with Gasteiger partial charge in [0, 0.05) is 39.8 Å². The summed E-state index contributed by atoms with van der Waals surface area (Å²) in [7, 11) is 0. The fraction of sp³-hybridized carbons (Fsp3) is 0. The number of nitrogens with one attached hydrogen (secondary N) is 3. The molecule has 0 unspecified atom stereocenters. The number of benzene rings is 1. The Kier molecular flexibility index (Phi) is 3.04. The molecule has 134 valence electrons. The van der Waals surface area contributed by atoms with Crippen molar-refractivity contribution in [1.29, 1.82) is 0 Å². The maximum absolute atomic E-state index is 5.23. The Hall–Kier alpha value is -4.13. The molecule has 6 aromatic rings. The summed E-state index contributed by atoms with van der Waals surface area (Å²) < 4.78 is 5.23. The lowest BCUT2D eigenvalue weighted by Gasteiger charge is -1.99. The first kappa shape index (κ1) is 15.0. The van der Waals surface area contributed by atoms with Crippen LogP contribution in [0.4, 0.5) is 0 Å². The summed E-state index contributed by atoms with van der Waals surface area (Å²) in [5, 5.41) is 16.7. The van der Waals surface area contributed by atoms with E-state index in [1.807, 2.05) is 30.6 Å². The van der Waals surface area contributed by atoms with Gasteiger partial charge in [0.2, 0.25) is 0 Å². The zero-order valence-electron chi connectivity index (χ0n) is 14.6. The molecule has 0 amide bonds. The van der Waals surface area contributed by atoms with Crippen molar-refractivity contribution in [2.24, 2.45) is 0 Å². The largest absolute Gasteiger partial charge is 0.472 e. The Bertz CT molecular complexity index is 1410. The topological polar surface area (TPSA) is 99.2 Å². The van der Waals surface area contributed by atoms with Gasteiger partial charge in [-0.05, 0) is 35.9 Å². The Balaban J connectivity index is 1.55. The van der Waals surface area contributed by atoms with Crippen LogP contribution in [-0.4, -0.2) is 30.4 Å². The molecular weight excluding hydrogens is 352 g/mol.